The van der Waals surface area contributed by atoms with E-state index in [-0.39, 0.29) is 24.6 Å². The molecule has 2 nitrogen and oxygen atoms in total. The molecule has 0 fully saturated rings. The molecule has 1 unspecified atom stereocenters. The van der Waals surface area contributed by atoms with Crippen molar-refractivity contribution in [3.63, 3.8) is 0 Å². The fourth-order valence-corrected chi connectivity index (χ4v) is 2.82. The molecule has 0 spiro atoms. The number of carbonyl (C=O) groups excluding carboxylic acids is 1. The van der Waals surface area contributed by atoms with Gasteiger partial charge in [-0.25, -0.2) is 0 Å². The minimum absolute atomic E-state index is 0.105. The summed E-state index contributed by atoms with van der Waals surface area (Å²) >= 11 is -0.105. The maximum atomic E-state index is 11.6. The summed E-state index contributed by atoms with van der Waals surface area (Å²) in [6, 6.07) is 10.0. The zero-order chi connectivity index (χ0) is 11.3. The third kappa shape index (κ3) is 3.54. The van der Waals surface area contributed by atoms with E-state index < -0.39 is 0 Å². The second kappa shape index (κ2) is 5.74. The van der Waals surface area contributed by atoms with Crippen LogP contribution in [-0.4, -0.2) is 38.8 Å². The Kier molecular flexibility index (Phi) is 4.60. The molecule has 1 atom stereocenters. The van der Waals surface area contributed by atoms with Crippen molar-refractivity contribution in [1.29, 1.82) is 0 Å². The second-order valence-corrected chi connectivity index (χ2v) is 5.64. The molecule has 1 rings (SSSR count). The molecule has 0 saturated carbocycles. The minimum atomic E-state index is -0.105. The quantitative estimate of drug-likeness (QED) is 0.606. The average molecular weight is 268 g/mol. The van der Waals surface area contributed by atoms with Gasteiger partial charge in [0.1, 0.15) is 0 Å². The Morgan fingerprint density at radius 2 is 2.00 bits per heavy atom. The van der Waals surface area contributed by atoms with Crippen LogP contribution in [-0.2, 0) is 0 Å². The Hall–Kier alpha value is -1.05. The number of nitrogens with zero attached hydrogens (tertiary/aromatic N) is 1. The molecular weight excluding hydrogens is 253 g/mol. The van der Waals surface area contributed by atoms with Crippen LogP contribution in [0, 0.1) is 0 Å². The van der Waals surface area contributed by atoms with Gasteiger partial charge in [0.05, 0.1) is 0 Å². The van der Waals surface area contributed by atoms with Crippen LogP contribution < -0.4 is 0 Å². The Labute approximate surface area is 97.1 Å². The summed E-state index contributed by atoms with van der Waals surface area (Å²) in [6.45, 7) is 3.79. The predicted octanol–water partition coefficient (Wildman–Crippen LogP) is 2.30. The number of hydrogen-bond donors (Lipinski definition) is 0. The first-order valence-electron chi connectivity index (χ1n) is 4.70. The molecule has 1 aromatic carbocycles. The first-order valence-corrected chi connectivity index (χ1v) is 6.55. The number of carbonyl (C=O) groups is 1. The van der Waals surface area contributed by atoms with Crippen molar-refractivity contribution in [3.05, 3.63) is 48.6 Å². The molecule has 15 heavy (non-hydrogen) atoms. The summed E-state index contributed by atoms with van der Waals surface area (Å²) in [5.74, 6) is 0. The van der Waals surface area contributed by atoms with Crippen LogP contribution in [0.1, 0.15) is 10.4 Å². The summed E-state index contributed by atoms with van der Waals surface area (Å²) in [5.41, 5.74) is 1.17. The fraction of sp³-hybridized carbons (Fsp3) is 0.250. The van der Waals surface area contributed by atoms with Crippen LogP contribution in [0.3, 0.4) is 0 Å². The van der Waals surface area contributed by atoms with Crippen molar-refractivity contribution >= 4 is 19.8 Å². The van der Waals surface area contributed by atoms with Crippen LogP contribution in [0.4, 0.5) is 4.79 Å². The summed E-state index contributed by atoms with van der Waals surface area (Å²) in [7, 11) is 3.57. The van der Waals surface area contributed by atoms with Crippen LogP contribution >= 0.6 is 0 Å². The van der Waals surface area contributed by atoms with Crippen LogP contribution in [0.25, 0.3) is 0 Å². The molecule has 0 saturated heterocycles. The normalized spacial score (nSPS) is 11.9. The standard InChI is InChI=1S/C12H15NOSe/c1-4-11(15-12(14)13(2)3)10-8-6-5-7-9-10/h4-9,11H,1H2,2-3H3. The van der Waals surface area contributed by atoms with E-state index in [0.29, 0.717) is 0 Å². The van der Waals surface area contributed by atoms with Crippen LogP contribution in [0.2, 0.25) is 0 Å². The van der Waals surface area contributed by atoms with Crippen molar-refractivity contribution in [1.82, 2.24) is 4.90 Å². The van der Waals surface area contributed by atoms with Gasteiger partial charge < -0.3 is 0 Å². The van der Waals surface area contributed by atoms with Gasteiger partial charge in [0, 0.05) is 0 Å². The number of benzene rings is 1. The molecule has 0 aliphatic rings. The van der Waals surface area contributed by atoms with Crippen LogP contribution in [0.5, 0.6) is 0 Å². The van der Waals surface area contributed by atoms with Crippen molar-refractivity contribution in [3.8, 4) is 0 Å². The molecular formula is C12H15NOSe. The third-order valence-electron chi connectivity index (χ3n) is 1.94. The zero-order valence-corrected chi connectivity index (χ0v) is 10.7. The molecule has 0 N–H and O–H groups in total. The van der Waals surface area contributed by atoms with Gasteiger partial charge >= 0.3 is 96.9 Å². The van der Waals surface area contributed by atoms with E-state index in [4.69, 9.17) is 0 Å². The number of rotatable bonds is 4. The molecule has 80 valence electrons. The van der Waals surface area contributed by atoms with Gasteiger partial charge in [-0.1, -0.05) is 0 Å². The van der Waals surface area contributed by atoms with Gasteiger partial charge in [-0.05, 0) is 0 Å². The first-order chi connectivity index (χ1) is 7.15. The first kappa shape index (κ1) is 12.0. The van der Waals surface area contributed by atoms with Gasteiger partial charge in [0.25, 0.3) is 0 Å². The molecule has 3 heteroatoms. The monoisotopic (exact) mass is 269 g/mol. The molecule has 0 bridgehead atoms. The molecule has 1 amide bonds. The molecule has 0 aromatic heterocycles. The summed E-state index contributed by atoms with van der Waals surface area (Å²) in [5, 5.41) is 0. The summed E-state index contributed by atoms with van der Waals surface area (Å²) < 4.78 is 0. The van der Waals surface area contributed by atoms with Gasteiger partial charge in [-0.2, -0.15) is 0 Å². The van der Waals surface area contributed by atoms with E-state index in [9.17, 15) is 4.79 Å². The molecule has 0 radical (unpaired) electrons. The van der Waals surface area contributed by atoms with Crippen molar-refractivity contribution in [2.24, 2.45) is 0 Å². The molecule has 0 aliphatic carbocycles. The van der Waals surface area contributed by atoms with E-state index in [2.05, 4.69) is 6.58 Å². The Morgan fingerprint density at radius 1 is 1.40 bits per heavy atom. The van der Waals surface area contributed by atoms with Gasteiger partial charge in [0.15, 0.2) is 0 Å². The van der Waals surface area contributed by atoms with E-state index in [1.807, 2.05) is 36.4 Å². The fourth-order valence-electron chi connectivity index (χ4n) is 1.11. The summed E-state index contributed by atoms with van der Waals surface area (Å²) in [4.78, 5) is 13.6. The van der Waals surface area contributed by atoms with Gasteiger partial charge in [-0.3, -0.25) is 0 Å². The van der Waals surface area contributed by atoms with Gasteiger partial charge in [-0.15, -0.1) is 0 Å². The molecule has 0 aliphatic heterocycles. The maximum absolute atomic E-state index is 11.6. The average Bonchev–Trinajstić information content (AvgIpc) is 2.26. The SMILES string of the molecule is C=CC([Se]C(=O)N(C)C)c1ccccc1. The Bertz CT molecular complexity index is 335. The van der Waals surface area contributed by atoms with E-state index in [1.165, 1.54) is 5.56 Å². The second-order valence-electron chi connectivity index (χ2n) is 3.35. The van der Waals surface area contributed by atoms with Crippen molar-refractivity contribution < 1.29 is 4.79 Å². The Balaban J connectivity index is 2.73. The number of amides is 1. The number of allylic oxidation sites excluding steroid dienone is 1. The zero-order valence-electron chi connectivity index (χ0n) is 9.01. The predicted molar refractivity (Wildman–Crippen MR) is 64.2 cm³/mol. The van der Waals surface area contributed by atoms with Crippen molar-refractivity contribution in [2.45, 2.75) is 4.82 Å². The summed E-state index contributed by atoms with van der Waals surface area (Å²) in [6.07, 6.45) is 1.86. The topological polar surface area (TPSA) is 20.3 Å². The molecule has 1 aromatic rings. The third-order valence-corrected chi connectivity index (χ3v) is 4.63. The Morgan fingerprint density at radius 3 is 2.47 bits per heavy atom. The van der Waals surface area contributed by atoms with E-state index in [1.54, 1.807) is 19.0 Å². The molecule has 0 heterocycles. The van der Waals surface area contributed by atoms with Crippen molar-refractivity contribution in [2.75, 3.05) is 14.1 Å². The number of hydrogen-bond acceptors (Lipinski definition) is 1. The van der Waals surface area contributed by atoms with E-state index >= 15 is 0 Å². The van der Waals surface area contributed by atoms with E-state index in [0.717, 1.165) is 0 Å². The van der Waals surface area contributed by atoms with Crippen LogP contribution in [0.15, 0.2) is 43.0 Å². The van der Waals surface area contributed by atoms with Gasteiger partial charge in [0.2, 0.25) is 0 Å².